The second-order valence-corrected chi connectivity index (χ2v) is 7.72. The molecule has 0 N–H and O–H groups in total. The van der Waals surface area contributed by atoms with E-state index in [9.17, 15) is 0 Å². The summed E-state index contributed by atoms with van der Waals surface area (Å²) in [6, 6.07) is 24.8. The van der Waals surface area contributed by atoms with Crippen molar-refractivity contribution < 1.29 is 19.5 Å². The van der Waals surface area contributed by atoms with Gasteiger partial charge >= 0.3 is 19.5 Å². The third-order valence-electron chi connectivity index (χ3n) is 4.25. The Kier molecular flexibility index (Phi) is 6.49. The van der Waals surface area contributed by atoms with Crippen LogP contribution >= 0.6 is 31.8 Å². The molecule has 0 saturated carbocycles. The van der Waals surface area contributed by atoms with Crippen LogP contribution in [-0.4, -0.2) is 0 Å². The van der Waals surface area contributed by atoms with Crippen molar-refractivity contribution in [3.8, 4) is 0 Å². The van der Waals surface area contributed by atoms with Gasteiger partial charge < -0.3 is 0 Å². The maximum Gasteiger partial charge on any atom is 2.00 e. The second-order valence-electron chi connectivity index (χ2n) is 5.82. The molecule has 3 aromatic carbocycles. The zero-order chi connectivity index (χ0) is 17.2. The van der Waals surface area contributed by atoms with Gasteiger partial charge in [0.1, 0.15) is 0 Å². The van der Waals surface area contributed by atoms with Crippen molar-refractivity contribution in [2.24, 2.45) is 0 Å². The number of hydrogen-bond acceptors (Lipinski definition) is 0. The molecule has 0 amide bonds. The van der Waals surface area contributed by atoms with E-state index in [1.54, 1.807) is 0 Å². The predicted octanol–water partition coefficient (Wildman–Crippen LogP) is 6.89. The Morgan fingerprint density at radius 3 is 2.31 bits per heavy atom. The average Bonchev–Trinajstić information content (AvgIpc) is 3.02. The number of allylic oxidation sites excluding steroid dienone is 2. The molecule has 0 aromatic heterocycles. The summed E-state index contributed by atoms with van der Waals surface area (Å²) in [5.41, 5.74) is 6.28. The molecule has 26 heavy (non-hydrogen) atoms. The number of hydrogen-bond donors (Lipinski definition) is 0. The first-order chi connectivity index (χ1) is 12.2. The second kappa shape index (κ2) is 8.64. The van der Waals surface area contributed by atoms with Crippen molar-refractivity contribution in [3.05, 3.63) is 105 Å². The van der Waals surface area contributed by atoms with Crippen LogP contribution < -0.4 is 5.30 Å². The summed E-state index contributed by atoms with van der Waals surface area (Å²) >= 11 is 12.5. The molecular formula is C22H15Cl2PRu+2. The fraction of sp³-hybridized carbons (Fsp3) is 0. The van der Waals surface area contributed by atoms with Crippen LogP contribution in [0.3, 0.4) is 0 Å². The Morgan fingerprint density at radius 2 is 1.50 bits per heavy atom. The van der Waals surface area contributed by atoms with Crippen LogP contribution in [0.2, 0.25) is 10.0 Å². The first kappa shape index (κ1) is 19.5. The zero-order valence-corrected chi connectivity index (χ0v) is 17.9. The summed E-state index contributed by atoms with van der Waals surface area (Å²) in [7, 11) is 0.457. The molecule has 128 valence electrons. The van der Waals surface area contributed by atoms with Crippen LogP contribution in [0.1, 0.15) is 16.7 Å². The van der Waals surface area contributed by atoms with Gasteiger partial charge in [-0.05, 0) is 45.3 Å². The van der Waals surface area contributed by atoms with Gasteiger partial charge in [-0.1, -0.05) is 104 Å². The van der Waals surface area contributed by atoms with E-state index in [1.165, 1.54) is 27.8 Å². The smallest absolute Gasteiger partial charge is 0.0827 e. The van der Waals surface area contributed by atoms with Gasteiger partial charge in [0.25, 0.3) is 0 Å². The monoisotopic (exact) mass is 482 g/mol. The van der Waals surface area contributed by atoms with Crippen LogP contribution in [-0.2, 0) is 19.5 Å². The van der Waals surface area contributed by atoms with Gasteiger partial charge in [0.15, 0.2) is 0 Å². The van der Waals surface area contributed by atoms with E-state index in [0.29, 0.717) is 18.6 Å². The van der Waals surface area contributed by atoms with Crippen LogP contribution in [0.15, 0.2) is 78.6 Å². The maximum atomic E-state index is 6.36. The standard InChI is InChI=1S/C22H15Cl2P.Ru/c23-20-11-6-12-21(22(20)24)25-14-19-17-10-5-4-9-16(17)13-18(19)15-7-2-1-3-8-15;/h1-14,25H;/q;+2. The number of rotatable bonds is 3. The van der Waals surface area contributed by atoms with Crippen molar-refractivity contribution in [2.75, 3.05) is 0 Å². The van der Waals surface area contributed by atoms with E-state index in [4.69, 9.17) is 23.2 Å². The molecule has 0 fully saturated rings. The molecule has 0 nitrogen and oxygen atoms in total. The van der Waals surface area contributed by atoms with Crippen molar-refractivity contribution in [1.29, 1.82) is 0 Å². The van der Waals surface area contributed by atoms with Crippen molar-refractivity contribution >= 4 is 54.3 Å². The van der Waals surface area contributed by atoms with Gasteiger partial charge in [0.05, 0.1) is 10.0 Å². The summed E-state index contributed by atoms with van der Waals surface area (Å²) in [6.07, 6.45) is 2.26. The number of benzene rings is 3. The van der Waals surface area contributed by atoms with E-state index < -0.39 is 0 Å². The Morgan fingerprint density at radius 1 is 0.769 bits per heavy atom. The third kappa shape index (κ3) is 3.88. The van der Waals surface area contributed by atoms with Crippen LogP contribution in [0.5, 0.6) is 0 Å². The Hall–Kier alpha value is -1.23. The minimum absolute atomic E-state index is 0. The normalized spacial score (nSPS) is 14.4. The Labute approximate surface area is 178 Å². The van der Waals surface area contributed by atoms with E-state index >= 15 is 0 Å². The largest absolute Gasteiger partial charge is 2.00 e. The molecule has 0 saturated heterocycles. The quantitative estimate of drug-likeness (QED) is 0.282. The summed E-state index contributed by atoms with van der Waals surface area (Å²) in [4.78, 5) is 0. The number of halogens is 2. The molecule has 0 radical (unpaired) electrons. The Balaban J connectivity index is 0.00000196. The molecule has 1 atom stereocenters. The molecule has 1 aliphatic rings. The first-order valence-corrected chi connectivity index (χ1v) is 9.85. The topological polar surface area (TPSA) is 0 Å². The minimum Gasteiger partial charge on any atom is -0.0827 e. The Bertz CT molecular complexity index is 994. The molecule has 1 aliphatic carbocycles. The van der Waals surface area contributed by atoms with E-state index in [2.05, 4.69) is 60.4 Å². The van der Waals surface area contributed by atoms with Gasteiger partial charge in [-0.15, -0.1) is 0 Å². The summed E-state index contributed by atoms with van der Waals surface area (Å²) in [5, 5.41) is 2.32. The van der Waals surface area contributed by atoms with Crippen molar-refractivity contribution in [3.63, 3.8) is 0 Å². The van der Waals surface area contributed by atoms with Gasteiger partial charge in [0.2, 0.25) is 0 Å². The fourth-order valence-electron chi connectivity index (χ4n) is 3.02. The molecule has 0 spiro atoms. The first-order valence-electron chi connectivity index (χ1n) is 8.01. The zero-order valence-electron chi connectivity index (χ0n) is 13.7. The van der Waals surface area contributed by atoms with E-state index in [1.807, 2.05) is 24.3 Å². The van der Waals surface area contributed by atoms with Gasteiger partial charge in [-0.2, -0.15) is 0 Å². The molecule has 4 heteroatoms. The van der Waals surface area contributed by atoms with Crippen LogP contribution in [0, 0.1) is 0 Å². The molecule has 0 bridgehead atoms. The van der Waals surface area contributed by atoms with Crippen molar-refractivity contribution in [1.82, 2.24) is 0 Å². The summed E-state index contributed by atoms with van der Waals surface area (Å²) < 4.78 is 0. The summed E-state index contributed by atoms with van der Waals surface area (Å²) in [6.45, 7) is 0. The predicted molar refractivity (Wildman–Crippen MR) is 113 cm³/mol. The van der Waals surface area contributed by atoms with E-state index in [0.717, 1.165) is 5.30 Å². The van der Waals surface area contributed by atoms with Crippen molar-refractivity contribution in [2.45, 2.75) is 0 Å². The molecule has 1 unspecified atom stereocenters. The summed E-state index contributed by atoms with van der Waals surface area (Å²) in [5.74, 6) is 2.28. The fourth-order valence-corrected chi connectivity index (χ4v) is 4.63. The third-order valence-corrected chi connectivity index (χ3v) is 6.39. The van der Waals surface area contributed by atoms with E-state index in [-0.39, 0.29) is 19.5 Å². The van der Waals surface area contributed by atoms with Gasteiger partial charge in [-0.3, -0.25) is 0 Å². The molecule has 0 aliphatic heterocycles. The molecular weight excluding hydrogens is 467 g/mol. The van der Waals surface area contributed by atoms with Gasteiger partial charge in [0, 0.05) is 0 Å². The minimum atomic E-state index is 0. The van der Waals surface area contributed by atoms with Gasteiger partial charge in [-0.25, -0.2) is 0 Å². The average molecular weight is 482 g/mol. The number of fused-ring (bicyclic) bond motifs is 1. The SMILES string of the molecule is Clc1cccc(PC=C2C(c3ccccc3)=Cc3ccccc32)c1Cl.[Ru+2]. The molecule has 0 heterocycles. The van der Waals surface area contributed by atoms with Crippen LogP contribution in [0.4, 0.5) is 0 Å². The molecule has 3 aromatic rings. The van der Waals surface area contributed by atoms with Crippen LogP contribution in [0.25, 0.3) is 17.2 Å². The maximum absolute atomic E-state index is 6.36. The molecule has 4 rings (SSSR count).